The minimum Gasteiger partial charge on any atom is -0.463 e. The number of hydrogen-bond acceptors (Lipinski definition) is 1. The van der Waals surface area contributed by atoms with Crippen LogP contribution < -0.4 is 5.73 Å². The Bertz CT molecular complexity index is 144. The lowest BCUT2D eigenvalue weighted by Crippen LogP contribution is -2.51. The third-order valence-electron chi connectivity index (χ3n) is 1.03. The molecule has 0 saturated heterocycles. The third-order valence-corrected chi connectivity index (χ3v) is 1.03. The van der Waals surface area contributed by atoms with Crippen LogP contribution in [0.5, 0.6) is 0 Å². The zero-order chi connectivity index (χ0) is 5.98. The first-order valence-corrected chi connectivity index (χ1v) is 2.67. The molecular formula is C6H10NO+. The van der Waals surface area contributed by atoms with Crippen LogP contribution in [0.3, 0.4) is 0 Å². The van der Waals surface area contributed by atoms with Crippen LogP contribution >= 0.6 is 0 Å². The smallest absolute Gasteiger partial charge is 0.160 e. The summed E-state index contributed by atoms with van der Waals surface area (Å²) in [6.07, 6.45) is 1.66. The SMILES string of the molecule is C[C@@H]([NH3+])c1ccco1. The molecule has 0 fully saturated rings. The van der Waals surface area contributed by atoms with Gasteiger partial charge in [-0.3, -0.25) is 0 Å². The summed E-state index contributed by atoms with van der Waals surface area (Å²) in [6.45, 7) is 2.00. The highest BCUT2D eigenvalue weighted by Gasteiger charge is 2.02. The Morgan fingerprint density at radius 3 is 2.75 bits per heavy atom. The molecule has 2 heteroatoms. The molecular weight excluding hydrogens is 102 g/mol. The van der Waals surface area contributed by atoms with Crippen LogP contribution in [0.1, 0.15) is 18.7 Å². The van der Waals surface area contributed by atoms with E-state index in [1.54, 1.807) is 6.26 Å². The van der Waals surface area contributed by atoms with Gasteiger partial charge in [0.2, 0.25) is 0 Å². The van der Waals surface area contributed by atoms with Gasteiger partial charge in [-0.25, -0.2) is 0 Å². The summed E-state index contributed by atoms with van der Waals surface area (Å²) in [7, 11) is 0. The fourth-order valence-electron chi connectivity index (χ4n) is 0.572. The van der Waals surface area contributed by atoms with E-state index in [-0.39, 0.29) is 6.04 Å². The summed E-state index contributed by atoms with van der Waals surface area (Å²) in [5.41, 5.74) is 3.79. The van der Waals surface area contributed by atoms with Gasteiger partial charge in [0.15, 0.2) is 5.76 Å². The number of quaternary nitrogens is 1. The topological polar surface area (TPSA) is 40.8 Å². The lowest BCUT2D eigenvalue weighted by molar-refractivity contribution is -0.424. The van der Waals surface area contributed by atoms with E-state index in [1.807, 2.05) is 19.1 Å². The van der Waals surface area contributed by atoms with E-state index >= 15 is 0 Å². The molecule has 0 aliphatic heterocycles. The molecule has 44 valence electrons. The molecule has 0 aromatic carbocycles. The number of hydrogen-bond donors (Lipinski definition) is 1. The van der Waals surface area contributed by atoms with Gasteiger partial charge in [0, 0.05) is 0 Å². The molecule has 0 unspecified atom stereocenters. The predicted octanol–water partition coefficient (Wildman–Crippen LogP) is 0.583. The van der Waals surface area contributed by atoms with Gasteiger partial charge >= 0.3 is 0 Å². The van der Waals surface area contributed by atoms with Crippen LogP contribution in [0, 0.1) is 0 Å². The first kappa shape index (κ1) is 5.38. The van der Waals surface area contributed by atoms with Gasteiger partial charge < -0.3 is 10.2 Å². The van der Waals surface area contributed by atoms with Crippen molar-refractivity contribution in [2.75, 3.05) is 0 Å². The second-order valence-electron chi connectivity index (χ2n) is 1.92. The Morgan fingerprint density at radius 1 is 1.75 bits per heavy atom. The van der Waals surface area contributed by atoms with E-state index in [0.29, 0.717) is 0 Å². The Labute approximate surface area is 48.3 Å². The average molecular weight is 112 g/mol. The molecule has 3 N–H and O–H groups in total. The fourth-order valence-corrected chi connectivity index (χ4v) is 0.572. The molecule has 1 heterocycles. The second kappa shape index (κ2) is 2.01. The van der Waals surface area contributed by atoms with Gasteiger partial charge in [-0.15, -0.1) is 0 Å². The van der Waals surface area contributed by atoms with Crippen LogP contribution in [0.25, 0.3) is 0 Å². The van der Waals surface area contributed by atoms with E-state index in [0.717, 1.165) is 5.76 Å². The van der Waals surface area contributed by atoms with Crippen LogP contribution in [0.4, 0.5) is 0 Å². The normalized spacial score (nSPS) is 13.8. The zero-order valence-corrected chi connectivity index (χ0v) is 4.92. The van der Waals surface area contributed by atoms with E-state index in [4.69, 9.17) is 4.42 Å². The van der Waals surface area contributed by atoms with Crippen LogP contribution in [0.2, 0.25) is 0 Å². The first-order valence-electron chi connectivity index (χ1n) is 2.67. The summed E-state index contributed by atoms with van der Waals surface area (Å²) in [5.74, 6) is 0.949. The molecule has 0 aliphatic rings. The van der Waals surface area contributed by atoms with Crippen LogP contribution in [-0.4, -0.2) is 0 Å². The first-order chi connectivity index (χ1) is 3.80. The zero-order valence-electron chi connectivity index (χ0n) is 4.92. The second-order valence-corrected chi connectivity index (χ2v) is 1.92. The molecule has 0 saturated carbocycles. The van der Waals surface area contributed by atoms with Crippen LogP contribution in [0.15, 0.2) is 22.8 Å². The quantitative estimate of drug-likeness (QED) is 0.567. The summed E-state index contributed by atoms with van der Waals surface area (Å²) in [4.78, 5) is 0. The maximum absolute atomic E-state index is 5.03. The van der Waals surface area contributed by atoms with E-state index in [9.17, 15) is 0 Å². The van der Waals surface area contributed by atoms with E-state index in [1.165, 1.54) is 0 Å². The fraction of sp³-hybridized carbons (Fsp3) is 0.333. The average Bonchev–Trinajstić information content (AvgIpc) is 2.12. The molecule has 1 atom stereocenters. The third kappa shape index (κ3) is 0.898. The van der Waals surface area contributed by atoms with Crippen molar-refractivity contribution in [2.45, 2.75) is 13.0 Å². The van der Waals surface area contributed by atoms with Gasteiger partial charge in [-0.1, -0.05) is 0 Å². The molecule has 1 aromatic heterocycles. The van der Waals surface area contributed by atoms with Gasteiger partial charge in [0.25, 0.3) is 0 Å². The van der Waals surface area contributed by atoms with Crippen molar-refractivity contribution in [2.24, 2.45) is 0 Å². The van der Waals surface area contributed by atoms with Gasteiger partial charge in [-0.2, -0.15) is 0 Å². The van der Waals surface area contributed by atoms with Crippen molar-refractivity contribution < 1.29 is 10.2 Å². The molecule has 0 bridgehead atoms. The number of rotatable bonds is 1. The molecule has 0 radical (unpaired) electrons. The lowest BCUT2D eigenvalue weighted by Gasteiger charge is -1.91. The van der Waals surface area contributed by atoms with Gasteiger partial charge in [0.1, 0.15) is 6.04 Å². The Morgan fingerprint density at radius 2 is 2.50 bits per heavy atom. The summed E-state index contributed by atoms with van der Waals surface area (Å²) >= 11 is 0. The molecule has 1 aromatic rings. The Kier molecular flexibility index (Phi) is 1.35. The van der Waals surface area contributed by atoms with Gasteiger partial charge in [0.05, 0.1) is 6.26 Å². The monoisotopic (exact) mass is 112 g/mol. The van der Waals surface area contributed by atoms with Gasteiger partial charge in [-0.05, 0) is 19.1 Å². The lowest BCUT2D eigenvalue weighted by atomic mass is 10.3. The minimum absolute atomic E-state index is 0.269. The molecule has 8 heavy (non-hydrogen) atoms. The molecule has 2 nitrogen and oxygen atoms in total. The van der Waals surface area contributed by atoms with Crippen molar-refractivity contribution in [3.63, 3.8) is 0 Å². The van der Waals surface area contributed by atoms with Crippen molar-refractivity contribution in [3.05, 3.63) is 24.2 Å². The van der Waals surface area contributed by atoms with E-state index < -0.39 is 0 Å². The van der Waals surface area contributed by atoms with Crippen molar-refractivity contribution in [1.29, 1.82) is 0 Å². The standard InChI is InChI=1S/C6H9NO/c1-5(7)6-3-2-4-8-6/h2-5H,7H2,1H3/p+1/t5-/m1/s1. The molecule has 0 spiro atoms. The maximum Gasteiger partial charge on any atom is 0.160 e. The summed E-state index contributed by atoms with van der Waals surface area (Å²) < 4.78 is 5.03. The maximum atomic E-state index is 5.03. The molecule has 0 aliphatic carbocycles. The highest BCUT2D eigenvalue weighted by molar-refractivity contribution is 4.99. The Balaban J connectivity index is 2.77. The largest absolute Gasteiger partial charge is 0.463 e. The number of furan rings is 1. The molecule has 1 rings (SSSR count). The highest BCUT2D eigenvalue weighted by Crippen LogP contribution is 2.05. The summed E-state index contributed by atoms with van der Waals surface area (Å²) in [5, 5.41) is 0. The highest BCUT2D eigenvalue weighted by atomic mass is 16.3. The van der Waals surface area contributed by atoms with Crippen LogP contribution in [-0.2, 0) is 0 Å². The van der Waals surface area contributed by atoms with Crippen molar-refractivity contribution >= 4 is 0 Å². The summed E-state index contributed by atoms with van der Waals surface area (Å²) in [6, 6.07) is 4.07. The van der Waals surface area contributed by atoms with Crippen molar-refractivity contribution in [3.8, 4) is 0 Å². The van der Waals surface area contributed by atoms with Crippen molar-refractivity contribution in [1.82, 2.24) is 0 Å². The minimum atomic E-state index is 0.269. The van der Waals surface area contributed by atoms with E-state index in [2.05, 4.69) is 5.73 Å². The predicted molar refractivity (Wildman–Crippen MR) is 30.0 cm³/mol. The Hall–Kier alpha value is -0.760. The molecule has 0 amide bonds.